The lowest BCUT2D eigenvalue weighted by Crippen LogP contribution is -2.20. The summed E-state index contributed by atoms with van der Waals surface area (Å²) in [6, 6.07) is 4.86. The highest BCUT2D eigenvalue weighted by molar-refractivity contribution is 5.55. The van der Waals surface area contributed by atoms with E-state index >= 15 is 0 Å². The number of anilines is 1. The summed E-state index contributed by atoms with van der Waals surface area (Å²) < 4.78 is 0. The van der Waals surface area contributed by atoms with Crippen LogP contribution in [0.25, 0.3) is 0 Å². The van der Waals surface area contributed by atoms with E-state index in [1.807, 2.05) is 6.07 Å². The highest BCUT2D eigenvalue weighted by atomic mass is 15.0. The van der Waals surface area contributed by atoms with Crippen molar-refractivity contribution in [2.45, 2.75) is 63.8 Å². The third-order valence-corrected chi connectivity index (χ3v) is 4.37. The van der Waals surface area contributed by atoms with Gasteiger partial charge >= 0.3 is 0 Å². The molecule has 0 aromatic carbocycles. The zero-order valence-electron chi connectivity index (χ0n) is 11.4. The van der Waals surface area contributed by atoms with Crippen LogP contribution in [0.1, 0.15) is 61.8 Å². The number of rotatable bonds is 2. The van der Waals surface area contributed by atoms with Gasteiger partial charge in [-0.3, -0.25) is 0 Å². The molecular formula is C16H21N3. The summed E-state index contributed by atoms with van der Waals surface area (Å²) in [4.78, 5) is 4.72. The molecular weight excluding hydrogens is 234 g/mol. The first-order chi connectivity index (χ1) is 9.36. The lowest BCUT2D eigenvalue weighted by Gasteiger charge is -2.18. The summed E-state index contributed by atoms with van der Waals surface area (Å²) >= 11 is 0. The highest BCUT2D eigenvalue weighted by Crippen LogP contribution is 2.27. The summed E-state index contributed by atoms with van der Waals surface area (Å²) in [6.07, 6.45) is 11.0. The summed E-state index contributed by atoms with van der Waals surface area (Å²) in [5.41, 5.74) is 3.21. The standard InChI is InChI=1S/C16H21N3/c17-11-13-10-12-6-5-9-15(12)19-16(13)18-14-7-3-1-2-4-8-14/h10,14H,1-9H2,(H,18,19). The number of nitrogens with zero attached hydrogens (tertiary/aromatic N) is 2. The van der Waals surface area contributed by atoms with Crippen molar-refractivity contribution in [3.05, 3.63) is 22.9 Å². The molecule has 0 saturated heterocycles. The Bertz CT molecular complexity index is 493. The zero-order chi connectivity index (χ0) is 13.1. The van der Waals surface area contributed by atoms with Crippen LogP contribution in [0.4, 0.5) is 5.82 Å². The molecule has 2 aliphatic carbocycles. The number of nitriles is 1. The smallest absolute Gasteiger partial charge is 0.144 e. The molecule has 0 unspecified atom stereocenters. The van der Waals surface area contributed by atoms with Crippen LogP contribution in [-0.2, 0) is 12.8 Å². The molecule has 1 aromatic heterocycles. The van der Waals surface area contributed by atoms with E-state index in [1.54, 1.807) is 0 Å². The van der Waals surface area contributed by atoms with Gasteiger partial charge in [-0.25, -0.2) is 4.98 Å². The molecule has 100 valence electrons. The molecule has 19 heavy (non-hydrogen) atoms. The summed E-state index contributed by atoms with van der Waals surface area (Å²) in [5, 5.41) is 12.8. The van der Waals surface area contributed by atoms with Crippen LogP contribution in [0.5, 0.6) is 0 Å². The molecule has 2 aliphatic rings. The van der Waals surface area contributed by atoms with Gasteiger partial charge in [0.1, 0.15) is 11.9 Å². The molecule has 3 heteroatoms. The van der Waals surface area contributed by atoms with Gasteiger partial charge in [-0.15, -0.1) is 0 Å². The van der Waals surface area contributed by atoms with Crippen molar-refractivity contribution in [2.24, 2.45) is 0 Å². The number of pyridine rings is 1. The van der Waals surface area contributed by atoms with Crippen molar-refractivity contribution in [1.29, 1.82) is 5.26 Å². The minimum absolute atomic E-state index is 0.501. The predicted molar refractivity (Wildman–Crippen MR) is 76.1 cm³/mol. The van der Waals surface area contributed by atoms with Gasteiger partial charge in [-0.05, 0) is 43.7 Å². The molecule has 1 N–H and O–H groups in total. The Morgan fingerprint density at radius 1 is 1.11 bits per heavy atom. The van der Waals surface area contributed by atoms with Crippen molar-refractivity contribution in [3.63, 3.8) is 0 Å². The maximum Gasteiger partial charge on any atom is 0.144 e. The molecule has 0 bridgehead atoms. The Balaban J connectivity index is 1.81. The predicted octanol–water partition coefficient (Wildman–Crippen LogP) is 3.58. The quantitative estimate of drug-likeness (QED) is 0.822. The lowest BCUT2D eigenvalue weighted by molar-refractivity contribution is 0.617. The second kappa shape index (κ2) is 5.61. The van der Waals surface area contributed by atoms with E-state index in [-0.39, 0.29) is 0 Å². The summed E-state index contributed by atoms with van der Waals surface area (Å²) in [6.45, 7) is 0. The van der Waals surface area contributed by atoms with Crippen LogP contribution >= 0.6 is 0 Å². The first-order valence-electron chi connectivity index (χ1n) is 7.56. The summed E-state index contributed by atoms with van der Waals surface area (Å²) in [7, 11) is 0. The Morgan fingerprint density at radius 2 is 1.89 bits per heavy atom. The Kier molecular flexibility index (Phi) is 3.68. The normalized spacial score (nSPS) is 19.5. The topological polar surface area (TPSA) is 48.7 Å². The maximum atomic E-state index is 9.30. The first kappa shape index (κ1) is 12.5. The molecule has 0 amide bonds. The molecule has 3 rings (SSSR count). The van der Waals surface area contributed by atoms with E-state index in [1.165, 1.54) is 56.2 Å². The first-order valence-corrected chi connectivity index (χ1v) is 7.56. The minimum Gasteiger partial charge on any atom is -0.366 e. The van der Waals surface area contributed by atoms with Crippen molar-refractivity contribution >= 4 is 5.82 Å². The molecule has 1 fully saturated rings. The van der Waals surface area contributed by atoms with Gasteiger partial charge < -0.3 is 5.32 Å². The Labute approximate surface area is 115 Å². The monoisotopic (exact) mass is 255 g/mol. The van der Waals surface area contributed by atoms with Crippen molar-refractivity contribution in [1.82, 2.24) is 4.98 Å². The SMILES string of the molecule is N#Cc1cc2c(nc1NC1CCCCCC1)CCC2. The van der Waals surface area contributed by atoms with Gasteiger partial charge in [0.25, 0.3) is 0 Å². The second-order valence-corrected chi connectivity index (χ2v) is 5.79. The average Bonchev–Trinajstić information content (AvgIpc) is 2.72. The largest absolute Gasteiger partial charge is 0.366 e. The fourth-order valence-electron chi connectivity index (χ4n) is 3.28. The molecule has 1 saturated carbocycles. The minimum atomic E-state index is 0.501. The van der Waals surface area contributed by atoms with E-state index in [9.17, 15) is 5.26 Å². The zero-order valence-corrected chi connectivity index (χ0v) is 11.4. The third-order valence-electron chi connectivity index (χ3n) is 4.37. The van der Waals surface area contributed by atoms with Crippen LogP contribution in [0.15, 0.2) is 6.07 Å². The van der Waals surface area contributed by atoms with Gasteiger partial charge in [0.15, 0.2) is 0 Å². The number of hydrogen-bond acceptors (Lipinski definition) is 3. The number of fused-ring (bicyclic) bond motifs is 1. The van der Waals surface area contributed by atoms with Crippen molar-refractivity contribution in [3.8, 4) is 6.07 Å². The molecule has 1 heterocycles. The Hall–Kier alpha value is -1.56. The lowest BCUT2D eigenvalue weighted by atomic mass is 10.1. The molecule has 0 aliphatic heterocycles. The van der Waals surface area contributed by atoms with Gasteiger partial charge in [0.2, 0.25) is 0 Å². The third kappa shape index (κ3) is 2.73. The fraction of sp³-hybridized carbons (Fsp3) is 0.625. The van der Waals surface area contributed by atoms with E-state index in [0.717, 1.165) is 24.2 Å². The van der Waals surface area contributed by atoms with Crippen LogP contribution in [-0.4, -0.2) is 11.0 Å². The molecule has 1 aromatic rings. The molecule has 3 nitrogen and oxygen atoms in total. The van der Waals surface area contributed by atoms with Gasteiger partial charge in [-0.2, -0.15) is 5.26 Å². The van der Waals surface area contributed by atoms with Gasteiger partial charge in [0.05, 0.1) is 5.56 Å². The van der Waals surface area contributed by atoms with Crippen molar-refractivity contribution in [2.75, 3.05) is 5.32 Å². The second-order valence-electron chi connectivity index (χ2n) is 5.79. The fourth-order valence-corrected chi connectivity index (χ4v) is 3.28. The van der Waals surface area contributed by atoms with E-state index < -0.39 is 0 Å². The van der Waals surface area contributed by atoms with Crippen LogP contribution in [0, 0.1) is 11.3 Å². The molecule has 0 atom stereocenters. The number of aryl methyl sites for hydroxylation is 2. The van der Waals surface area contributed by atoms with Crippen LogP contribution < -0.4 is 5.32 Å². The van der Waals surface area contributed by atoms with Crippen molar-refractivity contribution < 1.29 is 0 Å². The Morgan fingerprint density at radius 3 is 2.63 bits per heavy atom. The van der Waals surface area contributed by atoms with Gasteiger partial charge in [0, 0.05) is 11.7 Å². The number of aromatic nitrogens is 1. The molecule has 0 spiro atoms. The average molecular weight is 255 g/mol. The van der Waals surface area contributed by atoms with Crippen LogP contribution in [0.2, 0.25) is 0 Å². The summed E-state index contributed by atoms with van der Waals surface area (Å²) in [5.74, 6) is 0.829. The maximum absolute atomic E-state index is 9.30. The van der Waals surface area contributed by atoms with Gasteiger partial charge in [-0.1, -0.05) is 25.7 Å². The van der Waals surface area contributed by atoms with E-state index in [0.29, 0.717) is 6.04 Å². The van der Waals surface area contributed by atoms with E-state index in [2.05, 4.69) is 11.4 Å². The van der Waals surface area contributed by atoms with E-state index in [4.69, 9.17) is 4.98 Å². The highest BCUT2D eigenvalue weighted by Gasteiger charge is 2.19. The molecule has 0 radical (unpaired) electrons. The number of nitrogens with one attached hydrogen (secondary N) is 1. The number of hydrogen-bond donors (Lipinski definition) is 1. The van der Waals surface area contributed by atoms with Crippen LogP contribution in [0.3, 0.4) is 0 Å².